The maximum Gasteiger partial charge on any atom is 0.0693 e. The number of aliphatic hydroxyl groups is 1. The molecular weight excluding hydrogens is 188 g/mol. The number of rotatable bonds is 3. The number of aryl methyl sites for hydroxylation is 1. The predicted octanol–water partition coefficient (Wildman–Crippen LogP) is 1.39. The van der Waals surface area contributed by atoms with Gasteiger partial charge >= 0.3 is 0 Å². The molecule has 1 heterocycles. The first-order valence-corrected chi connectivity index (χ1v) is 5.59. The first kappa shape index (κ1) is 10.6. The Bertz CT molecular complexity index is 327. The predicted molar refractivity (Wildman–Crippen MR) is 59.5 cm³/mol. The van der Waals surface area contributed by atoms with Crippen LogP contribution < -0.4 is 5.32 Å². The van der Waals surface area contributed by atoms with Crippen molar-refractivity contribution >= 4 is 0 Å². The van der Waals surface area contributed by atoms with Crippen LogP contribution in [0.1, 0.15) is 30.5 Å². The van der Waals surface area contributed by atoms with Crippen molar-refractivity contribution in [1.82, 2.24) is 10.3 Å². The van der Waals surface area contributed by atoms with Crippen LogP contribution in [0.15, 0.2) is 18.3 Å². The average molecular weight is 206 g/mol. The highest BCUT2D eigenvalue weighted by molar-refractivity contribution is 5.17. The minimum Gasteiger partial charge on any atom is -0.392 e. The molecule has 0 aliphatic heterocycles. The van der Waals surface area contributed by atoms with E-state index in [2.05, 4.69) is 23.3 Å². The fourth-order valence-electron chi connectivity index (χ4n) is 2.11. The Balaban J connectivity index is 1.90. The SMILES string of the molecule is Cc1cccnc1CNC1CCCC1O. The molecule has 0 aromatic carbocycles. The standard InChI is InChI=1S/C12H18N2O/c1-9-4-3-7-13-11(9)8-14-10-5-2-6-12(10)15/h3-4,7,10,12,14-15H,2,5-6,8H2,1H3. The molecule has 1 aromatic rings. The zero-order valence-corrected chi connectivity index (χ0v) is 9.11. The summed E-state index contributed by atoms with van der Waals surface area (Å²) in [6.07, 6.45) is 4.77. The second-order valence-electron chi connectivity index (χ2n) is 4.25. The van der Waals surface area contributed by atoms with Gasteiger partial charge in [-0.05, 0) is 37.8 Å². The quantitative estimate of drug-likeness (QED) is 0.785. The van der Waals surface area contributed by atoms with Crippen LogP contribution in [0.4, 0.5) is 0 Å². The van der Waals surface area contributed by atoms with Gasteiger partial charge in [0.05, 0.1) is 11.8 Å². The van der Waals surface area contributed by atoms with E-state index in [-0.39, 0.29) is 12.1 Å². The van der Waals surface area contributed by atoms with Crippen molar-refractivity contribution in [3.8, 4) is 0 Å². The van der Waals surface area contributed by atoms with Crippen LogP contribution in [0.5, 0.6) is 0 Å². The summed E-state index contributed by atoms with van der Waals surface area (Å²) in [5, 5.41) is 13.0. The summed E-state index contributed by atoms with van der Waals surface area (Å²) in [4.78, 5) is 4.32. The molecule has 1 aliphatic rings. The number of hydrogen-bond acceptors (Lipinski definition) is 3. The van der Waals surface area contributed by atoms with Crippen LogP contribution >= 0.6 is 0 Å². The second-order valence-corrected chi connectivity index (χ2v) is 4.25. The number of hydrogen-bond donors (Lipinski definition) is 2. The maximum atomic E-state index is 9.65. The smallest absolute Gasteiger partial charge is 0.0693 e. The van der Waals surface area contributed by atoms with Gasteiger partial charge in [-0.15, -0.1) is 0 Å². The van der Waals surface area contributed by atoms with Gasteiger partial charge in [0.25, 0.3) is 0 Å². The van der Waals surface area contributed by atoms with Crippen molar-refractivity contribution in [3.63, 3.8) is 0 Å². The number of aliphatic hydroxyl groups excluding tert-OH is 1. The van der Waals surface area contributed by atoms with Crippen LogP contribution in [-0.4, -0.2) is 22.2 Å². The van der Waals surface area contributed by atoms with Crippen LogP contribution in [0.3, 0.4) is 0 Å². The molecule has 1 fully saturated rings. The lowest BCUT2D eigenvalue weighted by molar-refractivity contribution is 0.148. The van der Waals surface area contributed by atoms with Gasteiger partial charge in [-0.1, -0.05) is 6.07 Å². The third kappa shape index (κ3) is 2.55. The van der Waals surface area contributed by atoms with E-state index in [1.54, 1.807) is 0 Å². The summed E-state index contributed by atoms with van der Waals surface area (Å²) in [5.41, 5.74) is 2.29. The number of pyridine rings is 1. The molecule has 0 radical (unpaired) electrons. The van der Waals surface area contributed by atoms with Crippen molar-refractivity contribution in [1.29, 1.82) is 0 Å². The lowest BCUT2D eigenvalue weighted by atomic mass is 10.2. The Hall–Kier alpha value is -0.930. The summed E-state index contributed by atoms with van der Waals surface area (Å²) in [5.74, 6) is 0. The first-order valence-electron chi connectivity index (χ1n) is 5.59. The summed E-state index contributed by atoms with van der Waals surface area (Å²) in [7, 11) is 0. The van der Waals surface area contributed by atoms with Gasteiger partial charge in [0, 0.05) is 18.8 Å². The Morgan fingerprint density at radius 3 is 3.07 bits per heavy atom. The fraction of sp³-hybridized carbons (Fsp3) is 0.583. The first-order chi connectivity index (χ1) is 7.27. The Morgan fingerprint density at radius 1 is 1.53 bits per heavy atom. The topological polar surface area (TPSA) is 45.2 Å². The van der Waals surface area contributed by atoms with E-state index in [0.29, 0.717) is 0 Å². The van der Waals surface area contributed by atoms with E-state index < -0.39 is 0 Å². The van der Waals surface area contributed by atoms with Gasteiger partial charge in [0.15, 0.2) is 0 Å². The number of nitrogens with zero attached hydrogens (tertiary/aromatic N) is 1. The molecular formula is C12H18N2O. The molecule has 15 heavy (non-hydrogen) atoms. The van der Waals surface area contributed by atoms with E-state index >= 15 is 0 Å². The monoisotopic (exact) mass is 206 g/mol. The summed E-state index contributed by atoms with van der Waals surface area (Å²) in [6, 6.07) is 4.27. The largest absolute Gasteiger partial charge is 0.392 e. The van der Waals surface area contributed by atoms with E-state index in [1.165, 1.54) is 5.56 Å². The molecule has 2 rings (SSSR count). The minimum atomic E-state index is -0.172. The molecule has 2 N–H and O–H groups in total. The highest BCUT2D eigenvalue weighted by atomic mass is 16.3. The van der Waals surface area contributed by atoms with Crippen molar-refractivity contribution < 1.29 is 5.11 Å². The zero-order valence-electron chi connectivity index (χ0n) is 9.11. The van der Waals surface area contributed by atoms with Crippen molar-refractivity contribution in [2.24, 2.45) is 0 Å². The van der Waals surface area contributed by atoms with Crippen LogP contribution in [0, 0.1) is 6.92 Å². The van der Waals surface area contributed by atoms with Gasteiger partial charge in [0.2, 0.25) is 0 Å². The van der Waals surface area contributed by atoms with Crippen molar-refractivity contribution in [2.75, 3.05) is 0 Å². The normalized spacial score (nSPS) is 25.7. The second kappa shape index (κ2) is 4.73. The maximum absolute atomic E-state index is 9.65. The highest BCUT2D eigenvalue weighted by Gasteiger charge is 2.24. The van der Waals surface area contributed by atoms with Gasteiger partial charge in [0.1, 0.15) is 0 Å². The Morgan fingerprint density at radius 2 is 2.40 bits per heavy atom. The van der Waals surface area contributed by atoms with E-state index in [1.807, 2.05) is 12.3 Å². The molecule has 3 heteroatoms. The van der Waals surface area contributed by atoms with Crippen LogP contribution in [0.2, 0.25) is 0 Å². The Labute approximate surface area is 90.5 Å². The van der Waals surface area contributed by atoms with Gasteiger partial charge in [-0.3, -0.25) is 4.98 Å². The van der Waals surface area contributed by atoms with Crippen LogP contribution in [0.25, 0.3) is 0 Å². The Kier molecular flexibility index (Phi) is 3.34. The van der Waals surface area contributed by atoms with E-state index in [0.717, 1.165) is 31.5 Å². The summed E-state index contributed by atoms with van der Waals surface area (Å²) in [6.45, 7) is 2.82. The van der Waals surface area contributed by atoms with Gasteiger partial charge in [-0.2, -0.15) is 0 Å². The molecule has 1 aliphatic carbocycles. The van der Waals surface area contributed by atoms with Crippen molar-refractivity contribution in [2.45, 2.75) is 44.9 Å². The molecule has 2 unspecified atom stereocenters. The van der Waals surface area contributed by atoms with Gasteiger partial charge < -0.3 is 10.4 Å². The zero-order chi connectivity index (χ0) is 10.7. The molecule has 1 aromatic heterocycles. The lowest BCUT2D eigenvalue weighted by Crippen LogP contribution is -2.35. The third-order valence-electron chi connectivity index (χ3n) is 3.13. The molecule has 0 bridgehead atoms. The molecule has 82 valence electrons. The average Bonchev–Trinajstić information content (AvgIpc) is 2.63. The van der Waals surface area contributed by atoms with E-state index in [4.69, 9.17) is 0 Å². The number of aromatic nitrogens is 1. The molecule has 2 atom stereocenters. The lowest BCUT2D eigenvalue weighted by Gasteiger charge is -2.16. The summed E-state index contributed by atoms with van der Waals surface area (Å²) < 4.78 is 0. The molecule has 0 spiro atoms. The molecule has 1 saturated carbocycles. The van der Waals surface area contributed by atoms with E-state index in [9.17, 15) is 5.11 Å². The van der Waals surface area contributed by atoms with Crippen molar-refractivity contribution in [3.05, 3.63) is 29.6 Å². The fourth-order valence-corrected chi connectivity index (χ4v) is 2.11. The molecule has 0 amide bonds. The minimum absolute atomic E-state index is 0.172. The molecule has 0 saturated heterocycles. The summed E-state index contributed by atoms with van der Waals surface area (Å²) >= 11 is 0. The van der Waals surface area contributed by atoms with Crippen LogP contribution in [-0.2, 0) is 6.54 Å². The molecule has 3 nitrogen and oxygen atoms in total. The van der Waals surface area contributed by atoms with Gasteiger partial charge in [-0.25, -0.2) is 0 Å². The highest BCUT2D eigenvalue weighted by Crippen LogP contribution is 2.19. The number of nitrogens with one attached hydrogen (secondary N) is 1. The third-order valence-corrected chi connectivity index (χ3v) is 3.13.